The predicted octanol–water partition coefficient (Wildman–Crippen LogP) is 1.08. The van der Waals surface area contributed by atoms with E-state index < -0.39 is 21.4 Å². The minimum atomic E-state index is -3.76. The van der Waals surface area contributed by atoms with Gasteiger partial charge in [0, 0.05) is 25.2 Å². The molecule has 20 heavy (non-hydrogen) atoms. The molecule has 0 unspecified atom stereocenters. The van der Waals surface area contributed by atoms with Gasteiger partial charge >= 0.3 is 0 Å². The van der Waals surface area contributed by atoms with E-state index in [2.05, 4.69) is 0 Å². The highest BCUT2D eigenvalue weighted by molar-refractivity contribution is 7.89. The molecule has 0 aliphatic carbocycles. The van der Waals surface area contributed by atoms with Crippen molar-refractivity contribution in [1.29, 1.82) is 0 Å². The van der Waals surface area contributed by atoms with Crippen molar-refractivity contribution in [2.24, 2.45) is 5.73 Å². The van der Waals surface area contributed by atoms with Crippen molar-refractivity contribution >= 4 is 10.0 Å². The molecule has 0 bridgehead atoms. The number of sulfonamides is 1. The van der Waals surface area contributed by atoms with Crippen LogP contribution in [0.25, 0.3) is 0 Å². The second-order valence-corrected chi connectivity index (χ2v) is 7.27. The average Bonchev–Trinajstić information content (AvgIpc) is 2.37. The fourth-order valence-electron chi connectivity index (χ4n) is 2.30. The summed E-state index contributed by atoms with van der Waals surface area (Å²) >= 11 is 0. The van der Waals surface area contributed by atoms with Crippen LogP contribution < -0.4 is 5.73 Å². The molecule has 0 atom stereocenters. The molecule has 2 rings (SSSR count). The number of halogens is 1. The Balaban J connectivity index is 2.43. The topological polar surface area (TPSA) is 72.6 Å². The summed E-state index contributed by atoms with van der Waals surface area (Å²) in [6.07, 6.45) is 0. The van der Waals surface area contributed by atoms with E-state index in [1.54, 1.807) is 0 Å². The Morgan fingerprint density at radius 1 is 1.45 bits per heavy atom. The third kappa shape index (κ3) is 2.85. The molecule has 2 N–H and O–H groups in total. The van der Waals surface area contributed by atoms with Crippen LogP contribution in [-0.4, -0.2) is 38.0 Å². The number of morpholine rings is 1. The maximum atomic E-state index is 13.7. The van der Waals surface area contributed by atoms with E-state index in [1.165, 1.54) is 22.5 Å². The highest BCUT2D eigenvalue weighted by Crippen LogP contribution is 2.26. The molecule has 1 aromatic carbocycles. The normalized spacial score (nSPS) is 20.0. The van der Waals surface area contributed by atoms with Gasteiger partial charge in [-0.1, -0.05) is 6.07 Å². The molecule has 1 aliphatic heterocycles. The molecule has 0 amide bonds. The van der Waals surface area contributed by atoms with Crippen LogP contribution in [0.2, 0.25) is 0 Å². The minimum absolute atomic E-state index is 0.0248. The summed E-state index contributed by atoms with van der Waals surface area (Å²) in [5.41, 5.74) is 4.95. The molecule has 0 aromatic heterocycles. The highest BCUT2D eigenvalue weighted by Gasteiger charge is 2.36. The minimum Gasteiger partial charge on any atom is -0.373 e. The third-order valence-electron chi connectivity index (χ3n) is 3.29. The summed E-state index contributed by atoms with van der Waals surface area (Å²) in [6, 6.07) is 3.99. The molecule has 1 saturated heterocycles. The van der Waals surface area contributed by atoms with E-state index in [0.717, 1.165) is 0 Å². The third-order valence-corrected chi connectivity index (χ3v) is 5.22. The van der Waals surface area contributed by atoms with Gasteiger partial charge < -0.3 is 10.5 Å². The number of hydrogen-bond donors (Lipinski definition) is 1. The quantitative estimate of drug-likeness (QED) is 0.907. The molecule has 1 aliphatic rings. The summed E-state index contributed by atoms with van der Waals surface area (Å²) in [5.74, 6) is -0.596. The second kappa shape index (κ2) is 5.40. The summed E-state index contributed by atoms with van der Waals surface area (Å²) < 4.78 is 45.8. The zero-order valence-corrected chi connectivity index (χ0v) is 12.4. The Hall–Kier alpha value is -1.02. The van der Waals surface area contributed by atoms with Gasteiger partial charge in [0.15, 0.2) is 0 Å². The van der Waals surface area contributed by atoms with Crippen LogP contribution in [0.1, 0.15) is 19.4 Å². The molecule has 7 heteroatoms. The Morgan fingerprint density at radius 3 is 2.75 bits per heavy atom. The van der Waals surface area contributed by atoms with Crippen molar-refractivity contribution in [3.05, 3.63) is 29.6 Å². The van der Waals surface area contributed by atoms with Crippen LogP contribution in [0.5, 0.6) is 0 Å². The molecule has 0 spiro atoms. The number of hydrogen-bond acceptors (Lipinski definition) is 4. The lowest BCUT2D eigenvalue weighted by molar-refractivity contribution is -0.0640. The van der Waals surface area contributed by atoms with Crippen molar-refractivity contribution in [3.63, 3.8) is 0 Å². The molecular weight excluding hydrogens is 283 g/mol. The lowest BCUT2D eigenvalue weighted by Gasteiger charge is -2.37. The van der Waals surface area contributed by atoms with Gasteiger partial charge in [-0.2, -0.15) is 4.31 Å². The van der Waals surface area contributed by atoms with E-state index >= 15 is 0 Å². The predicted molar refractivity (Wildman–Crippen MR) is 73.1 cm³/mol. The standard InChI is InChI=1S/C13H19FN2O3S/c1-13(2)9-16(6-7-19-13)20(17,18)12-5-3-4-11(14)10(12)8-15/h3-5H,6-9,15H2,1-2H3. The summed E-state index contributed by atoms with van der Waals surface area (Å²) in [6.45, 7) is 4.30. The van der Waals surface area contributed by atoms with Gasteiger partial charge in [-0.3, -0.25) is 0 Å². The molecule has 0 radical (unpaired) electrons. The summed E-state index contributed by atoms with van der Waals surface area (Å²) in [4.78, 5) is -0.0577. The van der Waals surface area contributed by atoms with Gasteiger partial charge in [0.25, 0.3) is 0 Å². The van der Waals surface area contributed by atoms with Gasteiger partial charge in [-0.05, 0) is 26.0 Å². The van der Waals surface area contributed by atoms with E-state index in [0.29, 0.717) is 6.61 Å². The zero-order valence-electron chi connectivity index (χ0n) is 11.6. The SMILES string of the molecule is CC1(C)CN(S(=O)(=O)c2cccc(F)c2CN)CCO1. The van der Waals surface area contributed by atoms with Crippen LogP contribution in [0.3, 0.4) is 0 Å². The lowest BCUT2D eigenvalue weighted by Crippen LogP contribution is -2.50. The van der Waals surface area contributed by atoms with Crippen LogP contribution in [-0.2, 0) is 21.3 Å². The number of ether oxygens (including phenoxy) is 1. The fraction of sp³-hybridized carbons (Fsp3) is 0.538. The Bertz CT molecular complexity index is 602. The van der Waals surface area contributed by atoms with E-state index in [4.69, 9.17) is 10.5 Å². The molecule has 112 valence electrons. The molecular formula is C13H19FN2O3S. The molecule has 5 nitrogen and oxygen atoms in total. The van der Waals surface area contributed by atoms with Crippen molar-refractivity contribution in [2.75, 3.05) is 19.7 Å². The number of benzene rings is 1. The van der Waals surface area contributed by atoms with Crippen molar-refractivity contribution in [1.82, 2.24) is 4.31 Å². The average molecular weight is 302 g/mol. The number of nitrogens with zero attached hydrogens (tertiary/aromatic N) is 1. The first-order valence-corrected chi connectivity index (χ1v) is 7.83. The van der Waals surface area contributed by atoms with Gasteiger partial charge in [-0.15, -0.1) is 0 Å². The first-order chi connectivity index (χ1) is 9.28. The fourth-order valence-corrected chi connectivity index (χ4v) is 4.11. The maximum Gasteiger partial charge on any atom is 0.243 e. The number of rotatable bonds is 3. The van der Waals surface area contributed by atoms with Crippen LogP contribution in [0.4, 0.5) is 4.39 Å². The zero-order chi connectivity index (χ0) is 15.0. The molecule has 1 fully saturated rings. The first kappa shape index (κ1) is 15.4. The van der Waals surface area contributed by atoms with Crippen molar-refractivity contribution in [3.8, 4) is 0 Å². The number of nitrogens with two attached hydrogens (primary N) is 1. The van der Waals surface area contributed by atoms with Crippen LogP contribution in [0, 0.1) is 5.82 Å². The van der Waals surface area contributed by atoms with Gasteiger partial charge in [0.2, 0.25) is 10.0 Å². The largest absolute Gasteiger partial charge is 0.373 e. The molecule has 0 saturated carbocycles. The van der Waals surface area contributed by atoms with Crippen LogP contribution in [0.15, 0.2) is 23.1 Å². The van der Waals surface area contributed by atoms with Gasteiger partial charge in [0.05, 0.1) is 17.1 Å². The van der Waals surface area contributed by atoms with Gasteiger partial charge in [-0.25, -0.2) is 12.8 Å². The molecule has 1 aromatic rings. The van der Waals surface area contributed by atoms with E-state index in [-0.39, 0.29) is 30.1 Å². The molecule has 1 heterocycles. The monoisotopic (exact) mass is 302 g/mol. The van der Waals surface area contributed by atoms with Crippen molar-refractivity contribution in [2.45, 2.75) is 30.9 Å². The smallest absolute Gasteiger partial charge is 0.243 e. The Labute approximate surface area is 118 Å². The Kier molecular flexibility index (Phi) is 4.15. The first-order valence-electron chi connectivity index (χ1n) is 6.39. The van der Waals surface area contributed by atoms with Crippen molar-refractivity contribution < 1.29 is 17.5 Å². The summed E-state index contributed by atoms with van der Waals surface area (Å²) in [5, 5.41) is 0. The maximum absolute atomic E-state index is 13.7. The Morgan fingerprint density at radius 2 is 2.15 bits per heavy atom. The lowest BCUT2D eigenvalue weighted by atomic mass is 10.1. The summed E-state index contributed by atoms with van der Waals surface area (Å²) in [7, 11) is -3.76. The van der Waals surface area contributed by atoms with E-state index in [9.17, 15) is 12.8 Å². The van der Waals surface area contributed by atoms with Gasteiger partial charge in [0.1, 0.15) is 5.82 Å². The van der Waals surface area contributed by atoms with Crippen LogP contribution >= 0.6 is 0 Å². The highest BCUT2D eigenvalue weighted by atomic mass is 32.2. The second-order valence-electron chi connectivity index (χ2n) is 5.37. The van der Waals surface area contributed by atoms with E-state index in [1.807, 2.05) is 13.8 Å².